The van der Waals surface area contributed by atoms with Gasteiger partial charge in [-0.25, -0.2) is 0 Å². The molecule has 0 bridgehead atoms. The molecule has 0 aromatic rings. The number of rotatable bonds is 5. The molecule has 1 aliphatic carbocycles. The van der Waals surface area contributed by atoms with Crippen LogP contribution >= 0.6 is 24.8 Å². The van der Waals surface area contributed by atoms with Crippen molar-refractivity contribution in [2.24, 2.45) is 23.5 Å². The Hall–Kier alpha value is -0.0300. The van der Waals surface area contributed by atoms with E-state index >= 15 is 0 Å². The molecule has 4 nitrogen and oxygen atoms in total. The van der Waals surface area contributed by atoms with Gasteiger partial charge in [-0.2, -0.15) is 0 Å². The van der Waals surface area contributed by atoms with Crippen molar-refractivity contribution >= 4 is 30.7 Å². The fourth-order valence-corrected chi connectivity index (χ4v) is 3.75. The lowest BCUT2D eigenvalue weighted by atomic mass is 9.94. The number of hydrogen-bond donors (Lipinski definition) is 2. The van der Waals surface area contributed by atoms with Crippen molar-refractivity contribution in [3.05, 3.63) is 0 Å². The van der Waals surface area contributed by atoms with Gasteiger partial charge in [0.25, 0.3) is 0 Å². The summed E-state index contributed by atoms with van der Waals surface area (Å²) in [6.07, 6.45) is 5.51. The SMILES string of the molecule is CC(C)CN1CCC(NC(=O)[C@@H]2CCC[C@@H]2CN)CC1.Cl.Cl. The summed E-state index contributed by atoms with van der Waals surface area (Å²) in [5.74, 6) is 1.58. The maximum Gasteiger partial charge on any atom is 0.223 e. The summed E-state index contributed by atoms with van der Waals surface area (Å²) in [7, 11) is 0. The first-order valence-corrected chi connectivity index (χ1v) is 8.33. The van der Waals surface area contributed by atoms with Crippen LogP contribution in [0.25, 0.3) is 0 Å². The predicted octanol–water partition coefficient (Wildman–Crippen LogP) is 2.44. The number of carbonyl (C=O) groups excluding carboxylic acids is 1. The van der Waals surface area contributed by atoms with E-state index < -0.39 is 0 Å². The van der Waals surface area contributed by atoms with Gasteiger partial charge in [-0.1, -0.05) is 20.3 Å². The molecule has 1 saturated heterocycles. The quantitative estimate of drug-likeness (QED) is 0.797. The van der Waals surface area contributed by atoms with E-state index in [4.69, 9.17) is 5.73 Å². The zero-order valence-corrected chi connectivity index (χ0v) is 15.6. The highest BCUT2D eigenvalue weighted by Gasteiger charge is 2.33. The number of halogens is 2. The smallest absolute Gasteiger partial charge is 0.223 e. The van der Waals surface area contributed by atoms with Crippen LogP contribution in [0.5, 0.6) is 0 Å². The largest absolute Gasteiger partial charge is 0.353 e. The number of hydrogen-bond acceptors (Lipinski definition) is 3. The Morgan fingerprint density at radius 1 is 1.18 bits per heavy atom. The van der Waals surface area contributed by atoms with Gasteiger partial charge < -0.3 is 16.0 Å². The molecule has 0 unspecified atom stereocenters. The highest BCUT2D eigenvalue weighted by atomic mass is 35.5. The molecular formula is C16H33Cl2N3O. The van der Waals surface area contributed by atoms with E-state index in [2.05, 4.69) is 24.1 Å². The second-order valence-electron chi connectivity index (χ2n) is 7.01. The van der Waals surface area contributed by atoms with Crippen LogP contribution in [0.2, 0.25) is 0 Å². The highest BCUT2D eigenvalue weighted by Crippen LogP contribution is 2.31. The summed E-state index contributed by atoms with van der Waals surface area (Å²) in [6, 6.07) is 0.380. The van der Waals surface area contributed by atoms with E-state index in [1.165, 1.54) is 6.54 Å². The maximum atomic E-state index is 12.4. The molecule has 3 N–H and O–H groups in total. The van der Waals surface area contributed by atoms with Crippen LogP contribution in [-0.2, 0) is 4.79 Å². The fraction of sp³-hybridized carbons (Fsp3) is 0.938. The third-order valence-corrected chi connectivity index (χ3v) is 4.86. The van der Waals surface area contributed by atoms with Crippen molar-refractivity contribution < 1.29 is 4.79 Å². The zero-order valence-electron chi connectivity index (χ0n) is 13.9. The summed E-state index contributed by atoms with van der Waals surface area (Å²) < 4.78 is 0. The van der Waals surface area contributed by atoms with Crippen LogP contribution in [-0.4, -0.2) is 43.0 Å². The van der Waals surface area contributed by atoms with Gasteiger partial charge in [0.1, 0.15) is 0 Å². The summed E-state index contributed by atoms with van der Waals surface area (Å²) in [5.41, 5.74) is 5.77. The lowest BCUT2D eigenvalue weighted by Crippen LogP contribution is -2.47. The van der Waals surface area contributed by atoms with Crippen LogP contribution < -0.4 is 11.1 Å². The van der Waals surface area contributed by atoms with Gasteiger partial charge in [-0.05, 0) is 44.1 Å². The van der Waals surface area contributed by atoms with E-state index in [9.17, 15) is 4.79 Å². The van der Waals surface area contributed by atoms with Crippen LogP contribution in [0.1, 0.15) is 46.0 Å². The van der Waals surface area contributed by atoms with E-state index in [1.54, 1.807) is 0 Å². The molecule has 0 aromatic heterocycles. The molecule has 22 heavy (non-hydrogen) atoms. The average Bonchev–Trinajstić information content (AvgIpc) is 2.89. The van der Waals surface area contributed by atoms with Gasteiger partial charge >= 0.3 is 0 Å². The van der Waals surface area contributed by atoms with Crippen molar-refractivity contribution in [1.82, 2.24) is 10.2 Å². The molecule has 132 valence electrons. The lowest BCUT2D eigenvalue weighted by molar-refractivity contribution is -0.127. The number of carbonyl (C=O) groups is 1. The van der Waals surface area contributed by atoms with Gasteiger partial charge in [-0.3, -0.25) is 4.79 Å². The molecule has 1 amide bonds. The van der Waals surface area contributed by atoms with E-state index in [1.807, 2.05) is 0 Å². The Kier molecular flexibility index (Phi) is 10.7. The maximum absolute atomic E-state index is 12.4. The Morgan fingerprint density at radius 3 is 2.36 bits per heavy atom. The number of amides is 1. The second kappa shape index (κ2) is 10.7. The molecular weight excluding hydrogens is 321 g/mol. The monoisotopic (exact) mass is 353 g/mol. The molecule has 1 heterocycles. The minimum Gasteiger partial charge on any atom is -0.353 e. The van der Waals surface area contributed by atoms with Gasteiger partial charge in [0, 0.05) is 31.6 Å². The molecule has 1 saturated carbocycles. The number of likely N-dealkylation sites (tertiary alicyclic amines) is 1. The molecule has 0 spiro atoms. The number of piperidine rings is 1. The van der Waals surface area contributed by atoms with Crippen LogP contribution in [0, 0.1) is 17.8 Å². The van der Waals surface area contributed by atoms with E-state index in [-0.39, 0.29) is 36.6 Å². The van der Waals surface area contributed by atoms with Crippen LogP contribution in [0.3, 0.4) is 0 Å². The first-order chi connectivity index (χ1) is 9.60. The van der Waals surface area contributed by atoms with Crippen molar-refractivity contribution in [3.63, 3.8) is 0 Å². The predicted molar refractivity (Wildman–Crippen MR) is 96.8 cm³/mol. The number of nitrogens with zero attached hydrogens (tertiary/aromatic N) is 1. The summed E-state index contributed by atoms with van der Waals surface area (Å²) in [6.45, 7) is 8.60. The van der Waals surface area contributed by atoms with Crippen molar-refractivity contribution in [1.29, 1.82) is 0 Å². The molecule has 2 atom stereocenters. The molecule has 0 aromatic carbocycles. The van der Waals surface area contributed by atoms with E-state index in [0.29, 0.717) is 18.5 Å². The van der Waals surface area contributed by atoms with Crippen LogP contribution in [0.15, 0.2) is 0 Å². The highest BCUT2D eigenvalue weighted by molar-refractivity contribution is 5.85. The third-order valence-electron chi connectivity index (χ3n) is 4.86. The van der Waals surface area contributed by atoms with Gasteiger partial charge in [-0.15, -0.1) is 24.8 Å². The minimum atomic E-state index is 0. The van der Waals surface area contributed by atoms with Crippen molar-refractivity contribution in [3.8, 4) is 0 Å². The summed E-state index contributed by atoms with van der Waals surface area (Å²) in [5, 5.41) is 3.28. The first kappa shape index (κ1) is 22.0. The Morgan fingerprint density at radius 2 is 1.82 bits per heavy atom. The van der Waals surface area contributed by atoms with Crippen molar-refractivity contribution in [2.45, 2.75) is 52.0 Å². The summed E-state index contributed by atoms with van der Waals surface area (Å²) in [4.78, 5) is 14.9. The normalized spacial score (nSPS) is 26.4. The molecule has 2 aliphatic rings. The standard InChI is InChI=1S/C16H31N3O.2ClH/c1-12(2)11-19-8-6-14(7-9-19)18-16(20)15-5-3-4-13(15)10-17;;/h12-15H,3-11,17H2,1-2H3,(H,18,20);2*1H/t13-,15-;;/m1../s1. The first-order valence-electron chi connectivity index (χ1n) is 8.33. The van der Waals surface area contributed by atoms with Crippen LogP contribution in [0.4, 0.5) is 0 Å². The zero-order chi connectivity index (χ0) is 14.5. The molecule has 2 fully saturated rings. The molecule has 6 heteroatoms. The second-order valence-corrected chi connectivity index (χ2v) is 7.01. The molecule has 0 radical (unpaired) electrons. The Bertz CT molecular complexity index is 321. The van der Waals surface area contributed by atoms with Gasteiger partial charge in [0.2, 0.25) is 5.91 Å². The van der Waals surface area contributed by atoms with E-state index in [0.717, 1.165) is 51.1 Å². The van der Waals surface area contributed by atoms with Gasteiger partial charge in [0.15, 0.2) is 0 Å². The summed E-state index contributed by atoms with van der Waals surface area (Å²) >= 11 is 0. The number of nitrogens with two attached hydrogens (primary N) is 1. The number of nitrogens with one attached hydrogen (secondary N) is 1. The van der Waals surface area contributed by atoms with Gasteiger partial charge in [0.05, 0.1) is 0 Å². The molecule has 1 aliphatic heterocycles. The Balaban J connectivity index is 0.00000220. The average molecular weight is 354 g/mol. The topological polar surface area (TPSA) is 58.4 Å². The molecule has 2 rings (SSSR count). The Labute approximate surface area is 147 Å². The van der Waals surface area contributed by atoms with Crippen molar-refractivity contribution in [2.75, 3.05) is 26.2 Å². The lowest BCUT2D eigenvalue weighted by Gasteiger charge is -2.34. The third kappa shape index (κ3) is 6.23. The minimum absolute atomic E-state index is 0. The fourth-order valence-electron chi connectivity index (χ4n) is 3.75.